The number of Topliss-reactive ketones (excluding diaryl/α,β-unsaturated/α-hetero) is 1. The number of alkyl halides is 3. The Labute approximate surface area is 270 Å². The zero-order chi connectivity index (χ0) is 33.8. The molecule has 0 bridgehead atoms. The van der Waals surface area contributed by atoms with Gasteiger partial charge in [0.1, 0.15) is 12.4 Å². The number of allylic oxidation sites excluding steroid dienone is 1. The van der Waals surface area contributed by atoms with Crippen LogP contribution in [-0.2, 0) is 4.79 Å². The summed E-state index contributed by atoms with van der Waals surface area (Å²) >= 11 is 0. The van der Waals surface area contributed by atoms with Gasteiger partial charge in [0.05, 0.1) is 29.0 Å². The van der Waals surface area contributed by atoms with Crippen LogP contribution in [0.1, 0.15) is 66.4 Å². The van der Waals surface area contributed by atoms with E-state index in [0.717, 1.165) is 25.1 Å². The third kappa shape index (κ3) is 6.08. The van der Waals surface area contributed by atoms with E-state index < -0.39 is 30.5 Å². The van der Waals surface area contributed by atoms with Crippen LogP contribution in [0, 0.1) is 30.5 Å². The second-order valence-electron chi connectivity index (χ2n) is 13.3. The highest BCUT2D eigenvalue weighted by atomic mass is 19.4. The SMILES string of the molecule is Cc1c(C(=O)[C@@H]2CCN(C(=O)[C@H]3NC[C@@H]4CC=C[C@@H]43)[C@@H](C)C2)c2ccncc2n1-c1ccc(F)cc1C(=O)N(CC(F)(F)F)C(C)C. The van der Waals surface area contributed by atoms with Gasteiger partial charge in [-0.1, -0.05) is 12.2 Å². The summed E-state index contributed by atoms with van der Waals surface area (Å²) in [5, 5.41) is 3.97. The molecule has 2 amide bonds. The van der Waals surface area contributed by atoms with E-state index in [0.29, 0.717) is 52.4 Å². The van der Waals surface area contributed by atoms with Crippen LogP contribution in [0.15, 0.2) is 48.8 Å². The smallest absolute Gasteiger partial charge is 0.339 e. The Hall–Kier alpha value is -4.06. The number of pyridine rings is 1. The summed E-state index contributed by atoms with van der Waals surface area (Å²) in [5.41, 5.74) is 1.23. The molecule has 0 unspecified atom stereocenters. The Balaban J connectivity index is 1.32. The molecule has 2 aromatic heterocycles. The molecule has 12 heteroatoms. The van der Waals surface area contributed by atoms with E-state index in [1.165, 1.54) is 26.1 Å². The Morgan fingerprint density at radius 1 is 1.17 bits per heavy atom. The standard InChI is InChI=1S/C35H39F4N5O3/c1-19(2)43(18-35(37,38)39)33(46)27-15-24(36)8-9-28(27)44-21(4)30(26-10-12-40-17-29(26)44)32(45)22-11-13-42(20(3)14-22)34(47)31-25-7-5-6-23(25)16-41-31/h5,7-10,12,15,17,19-20,22-23,25,31,41H,6,11,13-14,16,18H2,1-4H3/t20-,22+,23-,25-,31-/m0/s1. The predicted molar refractivity (Wildman–Crippen MR) is 169 cm³/mol. The summed E-state index contributed by atoms with van der Waals surface area (Å²) in [6.07, 6.45) is 4.62. The number of carbonyl (C=O) groups excluding carboxylic acids is 3. The Bertz CT molecular complexity index is 1750. The lowest BCUT2D eigenvalue weighted by Crippen LogP contribution is -2.53. The van der Waals surface area contributed by atoms with Gasteiger partial charge in [-0.2, -0.15) is 13.2 Å². The second-order valence-corrected chi connectivity index (χ2v) is 13.3. The van der Waals surface area contributed by atoms with Crippen molar-refractivity contribution in [3.63, 3.8) is 0 Å². The molecular formula is C35H39F4N5O3. The first-order chi connectivity index (χ1) is 22.3. The third-order valence-corrected chi connectivity index (χ3v) is 10.0. The molecule has 0 radical (unpaired) electrons. The molecule has 1 N–H and O–H groups in total. The molecule has 2 fully saturated rings. The maximum absolute atomic E-state index is 14.6. The highest BCUT2D eigenvalue weighted by molar-refractivity contribution is 6.11. The predicted octanol–water partition coefficient (Wildman–Crippen LogP) is 5.86. The minimum atomic E-state index is -4.66. The van der Waals surface area contributed by atoms with Gasteiger partial charge < -0.3 is 19.7 Å². The van der Waals surface area contributed by atoms with Crippen molar-refractivity contribution in [3.8, 4) is 5.69 Å². The number of carbonyl (C=O) groups is 3. The largest absolute Gasteiger partial charge is 0.406 e. The minimum Gasteiger partial charge on any atom is -0.339 e. The molecule has 4 heterocycles. The van der Waals surface area contributed by atoms with Crippen molar-refractivity contribution in [3.05, 3.63) is 71.4 Å². The number of halogens is 4. The summed E-state index contributed by atoms with van der Waals surface area (Å²) in [7, 11) is 0. The number of nitrogens with one attached hydrogen (secondary N) is 1. The highest BCUT2D eigenvalue weighted by Crippen LogP contribution is 2.37. The third-order valence-electron chi connectivity index (χ3n) is 10.0. The summed E-state index contributed by atoms with van der Waals surface area (Å²) in [4.78, 5) is 48.3. The number of aromatic nitrogens is 2. The number of likely N-dealkylation sites (tertiary alicyclic amines) is 1. The number of ketones is 1. The number of benzene rings is 1. The Morgan fingerprint density at radius 2 is 1.94 bits per heavy atom. The zero-order valence-electron chi connectivity index (χ0n) is 26.9. The fourth-order valence-electron chi connectivity index (χ4n) is 7.71. The van der Waals surface area contributed by atoms with Gasteiger partial charge in [0.25, 0.3) is 5.91 Å². The maximum atomic E-state index is 14.6. The molecule has 250 valence electrons. The molecule has 47 heavy (non-hydrogen) atoms. The van der Waals surface area contributed by atoms with E-state index in [9.17, 15) is 31.9 Å². The number of amides is 2. The molecular weight excluding hydrogens is 614 g/mol. The van der Waals surface area contributed by atoms with Gasteiger partial charge in [-0.15, -0.1) is 0 Å². The van der Waals surface area contributed by atoms with Crippen LogP contribution in [-0.4, -0.2) is 80.9 Å². The zero-order valence-corrected chi connectivity index (χ0v) is 26.9. The molecule has 6 rings (SSSR count). The molecule has 2 aliphatic heterocycles. The van der Waals surface area contributed by atoms with Crippen molar-refractivity contribution in [2.45, 2.75) is 71.3 Å². The van der Waals surface area contributed by atoms with E-state index in [1.807, 2.05) is 11.8 Å². The Morgan fingerprint density at radius 3 is 2.64 bits per heavy atom. The molecule has 5 atom stereocenters. The topological polar surface area (TPSA) is 87.5 Å². The van der Waals surface area contributed by atoms with Crippen molar-refractivity contribution < 1.29 is 31.9 Å². The van der Waals surface area contributed by atoms with Crippen LogP contribution in [0.2, 0.25) is 0 Å². The molecule has 1 aromatic carbocycles. The van der Waals surface area contributed by atoms with Gasteiger partial charge in [-0.3, -0.25) is 19.4 Å². The lowest BCUT2D eigenvalue weighted by molar-refractivity contribution is -0.143. The number of nitrogens with zero attached hydrogens (tertiary/aromatic N) is 4. The van der Waals surface area contributed by atoms with Crippen LogP contribution in [0.5, 0.6) is 0 Å². The lowest BCUT2D eigenvalue weighted by Gasteiger charge is -2.39. The second kappa shape index (κ2) is 12.5. The van der Waals surface area contributed by atoms with Gasteiger partial charge >= 0.3 is 6.18 Å². The van der Waals surface area contributed by atoms with Crippen molar-refractivity contribution in [2.75, 3.05) is 19.6 Å². The molecule has 3 aromatic rings. The van der Waals surface area contributed by atoms with Crippen LogP contribution in [0.25, 0.3) is 16.6 Å². The van der Waals surface area contributed by atoms with E-state index in [2.05, 4.69) is 22.5 Å². The number of rotatable bonds is 7. The minimum absolute atomic E-state index is 0.0655. The monoisotopic (exact) mass is 653 g/mol. The molecule has 8 nitrogen and oxygen atoms in total. The quantitative estimate of drug-likeness (QED) is 0.196. The summed E-state index contributed by atoms with van der Waals surface area (Å²) in [5.74, 6) is -1.55. The van der Waals surface area contributed by atoms with Crippen molar-refractivity contribution >= 4 is 28.5 Å². The van der Waals surface area contributed by atoms with Crippen molar-refractivity contribution in [2.24, 2.45) is 17.8 Å². The molecule has 0 spiro atoms. The van der Waals surface area contributed by atoms with Gasteiger partial charge in [-0.05, 0) is 83.7 Å². The van der Waals surface area contributed by atoms with Gasteiger partial charge in [-0.25, -0.2) is 4.39 Å². The van der Waals surface area contributed by atoms with Crippen LogP contribution < -0.4 is 5.32 Å². The van der Waals surface area contributed by atoms with Crippen LogP contribution >= 0.6 is 0 Å². The first kappa shape index (κ1) is 32.9. The number of hydrogen-bond acceptors (Lipinski definition) is 5. The lowest BCUT2D eigenvalue weighted by atomic mass is 9.84. The van der Waals surface area contributed by atoms with Gasteiger partial charge in [0.2, 0.25) is 5.91 Å². The molecule has 3 aliphatic rings. The van der Waals surface area contributed by atoms with E-state index in [1.54, 1.807) is 23.8 Å². The fourth-order valence-corrected chi connectivity index (χ4v) is 7.71. The van der Waals surface area contributed by atoms with Gasteiger partial charge in [0, 0.05) is 53.3 Å². The van der Waals surface area contributed by atoms with Crippen LogP contribution in [0.4, 0.5) is 17.6 Å². The van der Waals surface area contributed by atoms with Gasteiger partial charge in [0.15, 0.2) is 5.78 Å². The number of hydrogen-bond donors (Lipinski definition) is 1. The molecule has 2 saturated heterocycles. The first-order valence-electron chi connectivity index (χ1n) is 16.1. The van der Waals surface area contributed by atoms with Crippen molar-refractivity contribution in [1.29, 1.82) is 0 Å². The summed E-state index contributed by atoms with van der Waals surface area (Å²) in [6.45, 7) is 6.36. The average molecular weight is 654 g/mol. The average Bonchev–Trinajstić information content (AvgIpc) is 3.72. The van der Waals surface area contributed by atoms with E-state index in [4.69, 9.17) is 0 Å². The van der Waals surface area contributed by atoms with E-state index >= 15 is 0 Å². The first-order valence-corrected chi connectivity index (χ1v) is 16.1. The number of piperidine rings is 1. The van der Waals surface area contributed by atoms with Crippen molar-refractivity contribution in [1.82, 2.24) is 24.7 Å². The maximum Gasteiger partial charge on any atom is 0.406 e. The fraction of sp³-hybridized carbons (Fsp3) is 0.486. The number of fused-ring (bicyclic) bond motifs is 2. The summed E-state index contributed by atoms with van der Waals surface area (Å²) < 4.78 is 56.6. The van der Waals surface area contributed by atoms with E-state index in [-0.39, 0.29) is 46.9 Å². The highest BCUT2D eigenvalue weighted by Gasteiger charge is 2.44. The Kier molecular flexibility index (Phi) is 8.75. The molecule has 1 aliphatic carbocycles. The van der Waals surface area contributed by atoms with Crippen LogP contribution in [0.3, 0.4) is 0 Å². The summed E-state index contributed by atoms with van der Waals surface area (Å²) in [6, 6.07) is 3.87. The molecule has 0 saturated carbocycles. The normalized spacial score (nSPS) is 24.3.